The van der Waals surface area contributed by atoms with Crippen molar-refractivity contribution in [2.75, 3.05) is 5.32 Å². The molecule has 128 valence electrons. The minimum Gasteiger partial charge on any atom is -0.508 e. The van der Waals surface area contributed by atoms with Gasteiger partial charge in [-0.3, -0.25) is 4.79 Å². The molecule has 0 saturated heterocycles. The Labute approximate surface area is 152 Å². The number of rotatable bonds is 1. The summed E-state index contributed by atoms with van der Waals surface area (Å²) in [5.74, 6) is 0.275. The van der Waals surface area contributed by atoms with E-state index >= 15 is 0 Å². The first kappa shape index (κ1) is 16.2. The molecule has 2 aliphatic rings. The molecule has 2 N–H and O–H groups in total. The van der Waals surface area contributed by atoms with Crippen molar-refractivity contribution in [2.45, 2.75) is 32.6 Å². The fourth-order valence-electron chi connectivity index (χ4n) is 4.00. The zero-order chi connectivity index (χ0) is 17.8. The van der Waals surface area contributed by atoms with Crippen LogP contribution in [-0.4, -0.2) is 10.9 Å². The van der Waals surface area contributed by atoms with Crippen LogP contribution in [0.15, 0.2) is 53.7 Å². The molecular weight excluding hydrogens is 334 g/mol. The van der Waals surface area contributed by atoms with Gasteiger partial charge in [0.2, 0.25) is 0 Å². The normalized spacial score (nSPS) is 21.4. The van der Waals surface area contributed by atoms with E-state index in [2.05, 4.69) is 19.2 Å². The fourth-order valence-corrected chi connectivity index (χ4v) is 4.13. The van der Waals surface area contributed by atoms with Crippen molar-refractivity contribution in [3.8, 4) is 5.75 Å². The molecule has 3 nitrogen and oxygen atoms in total. The molecule has 4 rings (SSSR count). The number of hydrogen-bond acceptors (Lipinski definition) is 3. The van der Waals surface area contributed by atoms with Crippen molar-refractivity contribution in [1.82, 2.24) is 0 Å². The maximum atomic E-state index is 13.0. The van der Waals surface area contributed by atoms with E-state index in [1.54, 1.807) is 12.1 Å². The Hall–Kier alpha value is -2.26. The molecule has 1 unspecified atom stereocenters. The van der Waals surface area contributed by atoms with E-state index in [-0.39, 0.29) is 22.9 Å². The van der Waals surface area contributed by atoms with Crippen LogP contribution < -0.4 is 5.32 Å². The molecule has 1 heterocycles. The number of phenolic OH excluding ortho intramolecular Hbond substituents is 1. The Kier molecular flexibility index (Phi) is 3.66. The number of halogens is 1. The molecule has 2 aromatic carbocycles. The van der Waals surface area contributed by atoms with Crippen LogP contribution in [0.25, 0.3) is 0 Å². The van der Waals surface area contributed by atoms with Gasteiger partial charge < -0.3 is 10.4 Å². The minimum atomic E-state index is -0.132. The maximum absolute atomic E-state index is 13.0. The lowest BCUT2D eigenvalue weighted by molar-refractivity contribution is -0.118. The van der Waals surface area contributed by atoms with Gasteiger partial charge in [-0.2, -0.15) is 0 Å². The van der Waals surface area contributed by atoms with Crippen molar-refractivity contribution in [3.63, 3.8) is 0 Å². The third kappa shape index (κ3) is 2.83. The Morgan fingerprint density at radius 3 is 2.56 bits per heavy atom. The lowest BCUT2D eigenvalue weighted by atomic mass is 9.69. The molecule has 1 atom stereocenters. The SMILES string of the molecule is CC1(C)CC(=O)C2=C(C1)Nc1cc(O)ccc1C2c1ccc(Cl)cc1. The van der Waals surface area contributed by atoms with Gasteiger partial charge in [-0.15, -0.1) is 0 Å². The van der Waals surface area contributed by atoms with E-state index in [1.165, 1.54) is 0 Å². The average Bonchev–Trinajstić information content (AvgIpc) is 2.52. The Bertz CT molecular complexity index is 897. The maximum Gasteiger partial charge on any atom is 0.162 e. The number of phenols is 1. The fraction of sp³-hybridized carbons (Fsp3) is 0.286. The number of benzene rings is 2. The third-order valence-electron chi connectivity index (χ3n) is 5.05. The number of ketones is 1. The van der Waals surface area contributed by atoms with E-state index in [0.29, 0.717) is 11.4 Å². The predicted octanol–water partition coefficient (Wildman–Crippen LogP) is 5.25. The van der Waals surface area contributed by atoms with Gasteiger partial charge in [0.15, 0.2) is 5.78 Å². The van der Waals surface area contributed by atoms with Gasteiger partial charge in [-0.25, -0.2) is 0 Å². The molecule has 1 aliphatic carbocycles. The Balaban J connectivity index is 1.93. The highest BCUT2D eigenvalue weighted by Gasteiger charge is 2.40. The Morgan fingerprint density at radius 1 is 1.12 bits per heavy atom. The number of carbonyl (C=O) groups excluding carboxylic acids is 1. The molecular formula is C21H20ClNO2. The number of hydrogen-bond donors (Lipinski definition) is 2. The van der Waals surface area contributed by atoms with Gasteiger partial charge in [-0.05, 0) is 41.2 Å². The lowest BCUT2D eigenvalue weighted by Gasteiger charge is -2.39. The quantitative estimate of drug-likeness (QED) is 0.736. The van der Waals surface area contributed by atoms with Gasteiger partial charge in [-0.1, -0.05) is 43.6 Å². The summed E-state index contributed by atoms with van der Waals surface area (Å²) in [6.45, 7) is 4.23. The summed E-state index contributed by atoms with van der Waals surface area (Å²) >= 11 is 6.05. The molecule has 0 spiro atoms. The Morgan fingerprint density at radius 2 is 1.84 bits per heavy atom. The number of aromatic hydroxyl groups is 1. The van der Waals surface area contributed by atoms with Gasteiger partial charge in [0.1, 0.15) is 5.75 Å². The van der Waals surface area contributed by atoms with E-state index in [4.69, 9.17) is 11.6 Å². The smallest absolute Gasteiger partial charge is 0.162 e. The van der Waals surface area contributed by atoms with E-state index < -0.39 is 0 Å². The summed E-state index contributed by atoms with van der Waals surface area (Å²) < 4.78 is 0. The zero-order valence-corrected chi connectivity index (χ0v) is 15.0. The number of anilines is 1. The van der Waals surface area contributed by atoms with E-state index in [9.17, 15) is 9.90 Å². The van der Waals surface area contributed by atoms with Crippen LogP contribution in [-0.2, 0) is 4.79 Å². The highest BCUT2D eigenvalue weighted by atomic mass is 35.5. The molecule has 0 saturated carbocycles. The summed E-state index contributed by atoms with van der Waals surface area (Å²) in [5, 5.41) is 14.0. The van der Waals surface area contributed by atoms with Crippen LogP contribution in [0.1, 0.15) is 43.7 Å². The lowest BCUT2D eigenvalue weighted by Crippen LogP contribution is -2.33. The number of fused-ring (bicyclic) bond motifs is 1. The predicted molar refractivity (Wildman–Crippen MR) is 100 cm³/mol. The first-order chi connectivity index (χ1) is 11.8. The molecule has 2 aromatic rings. The zero-order valence-electron chi connectivity index (χ0n) is 14.3. The summed E-state index contributed by atoms with van der Waals surface area (Å²) in [7, 11) is 0. The summed E-state index contributed by atoms with van der Waals surface area (Å²) in [4.78, 5) is 13.0. The summed E-state index contributed by atoms with van der Waals surface area (Å²) in [6, 6.07) is 13.0. The van der Waals surface area contributed by atoms with Gasteiger partial charge in [0, 0.05) is 40.4 Å². The molecule has 0 radical (unpaired) electrons. The van der Waals surface area contributed by atoms with Crippen molar-refractivity contribution in [2.24, 2.45) is 5.41 Å². The molecule has 25 heavy (non-hydrogen) atoms. The molecule has 0 aromatic heterocycles. The van der Waals surface area contributed by atoms with Crippen molar-refractivity contribution < 1.29 is 9.90 Å². The van der Waals surface area contributed by atoms with Crippen molar-refractivity contribution in [3.05, 3.63) is 69.9 Å². The third-order valence-corrected chi connectivity index (χ3v) is 5.30. The largest absolute Gasteiger partial charge is 0.508 e. The van der Waals surface area contributed by atoms with Crippen molar-refractivity contribution >= 4 is 23.1 Å². The van der Waals surface area contributed by atoms with Gasteiger partial charge >= 0.3 is 0 Å². The second kappa shape index (κ2) is 5.63. The second-order valence-corrected chi connectivity index (χ2v) is 8.15. The average molecular weight is 354 g/mol. The number of nitrogens with one attached hydrogen (secondary N) is 1. The summed E-state index contributed by atoms with van der Waals surface area (Å²) in [5.41, 5.74) is 4.66. The second-order valence-electron chi connectivity index (χ2n) is 7.71. The van der Waals surface area contributed by atoms with Crippen LogP contribution >= 0.6 is 11.6 Å². The minimum absolute atomic E-state index is 0.0677. The highest BCUT2D eigenvalue weighted by molar-refractivity contribution is 6.30. The number of carbonyl (C=O) groups is 1. The molecule has 0 amide bonds. The first-order valence-electron chi connectivity index (χ1n) is 8.46. The van der Waals surface area contributed by atoms with Gasteiger partial charge in [0.05, 0.1) is 0 Å². The van der Waals surface area contributed by atoms with Crippen molar-refractivity contribution in [1.29, 1.82) is 0 Å². The van der Waals surface area contributed by atoms with Gasteiger partial charge in [0.25, 0.3) is 0 Å². The number of Topliss-reactive ketones (excluding diaryl/α,β-unsaturated/α-hetero) is 1. The number of allylic oxidation sites excluding steroid dienone is 2. The van der Waals surface area contributed by atoms with Crippen LogP contribution in [0.4, 0.5) is 5.69 Å². The topological polar surface area (TPSA) is 49.3 Å². The highest BCUT2D eigenvalue weighted by Crippen LogP contribution is 2.49. The molecule has 0 fully saturated rings. The van der Waals surface area contributed by atoms with E-state index in [1.807, 2.05) is 30.3 Å². The van der Waals surface area contributed by atoms with Crippen LogP contribution in [0.5, 0.6) is 5.75 Å². The van der Waals surface area contributed by atoms with Crippen LogP contribution in [0.3, 0.4) is 0 Å². The molecule has 4 heteroatoms. The first-order valence-corrected chi connectivity index (χ1v) is 8.83. The monoisotopic (exact) mass is 353 g/mol. The molecule has 1 aliphatic heterocycles. The van der Waals surface area contributed by atoms with Crippen LogP contribution in [0.2, 0.25) is 5.02 Å². The van der Waals surface area contributed by atoms with Crippen LogP contribution in [0, 0.1) is 5.41 Å². The molecule has 0 bridgehead atoms. The summed E-state index contributed by atoms with van der Waals surface area (Å²) in [6.07, 6.45) is 1.36. The standard InChI is InChI=1S/C21H20ClNO2/c1-21(2)10-17-20(18(25)11-21)19(12-3-5-13(22)6-4-12)15-8-7-14(24)9-16(15)23-17/h3-9,19,23-24H,10-11H2,1-2H3. The van der Waals surface area contributed by atoms with E-state index in [0.717, 1.165) is 34.5 Å².